The van der Waals surface area contributed by atoms with Crippen LogP contribution in [0.4, 0.5) is 0 Å². The van der Waals surface area contributed by atoms with Crippen LogP contribution in [0.1, 0.15) is 41.9 Å². The zero-order valence-corrected chi connectivity index (χ0v) is 12.6. The Bertz CT molecular complexity index is 596. The molecule has 1 aromatic heterocycles. The molecule has 0 radical (unpaired) electrons. The lowest BCUT2D eigenvalue weighted by Crippen LogP contribution is -2.34. The number of benzene rings is 1. The Morgan fingerprint density at radius 3 is 2.55 bits per heavy atom. The molecule has 0 aliphatic heterocycles. The fourth-order valence-corrected chi connectivity index (χ4v) is 4.03. The SMILES string of the molecule is Cc1csc(CC(=O)C2(c3ccccc3)CCCC2)n1. The van der Waals surface area contributed by atoms with Crippen LogP contribution in [0.3, 0.4) is 0 Å². The molecule has 104 valence electrons. The molecule has 2 aromatic rings. The van der Waals surface area contributed by atoms with Crippen LogP contribution in [0, 0.1) is 6.92 Å². The van der Waals surface area contributed by atoms with Crippen LogP contribution in [0.15, 0.2) is 35.7 Å². The van der Waals surface area contributed by atoms with Gasteiger partial charge in [0.15, 0.2) is 0 Å². The first-order valence-electron chi connectivity index (χ1n) is 7.20. The zero-order valence-electron chi connectivity index (χ0n) is 11.8. The normalized spacial score (nSPS) is 17.2. The van der Waals surface area contributed by atoms with Crippen LogP contribution in [0.2, 0.25) is 0 Å². The van der Waals surface area contributed by atoms with Crippen LogP contribution in [-0.2, 0) is 16.6 Å². The molecule has 1 aliphatic carbocycles. The van der Waals surface area contributed by atoms with Gasteiger partial charge in [-0.1, -0.05) is 43.2 Å². The van der Waals surface area contributed by atoms with Crippen molar-refractivity contribution in [1.29, 1.82) is 0 Å². The number of carbonyl (C=O) groups excluding carboxylic acids is 1. The summed E-state index contributed by atoms with van der Waals surface area (Å²) in [6.07, 6.45) is 4.75. The highest BCUT2D eigenvalue weighted by atomic mass is 32.1. The maximum atomic E-state index is 12.9. The summed E-state index contributed by atoms with van der Waals surface area (Å²) >= 11 is 1.60. The monoisotopic (exact) mass is 285 g/mol. The van der Waals surface area contributed by atoms with E-state index in [-0.39, 0.29) is 5.41 Å². The van der Waals surface area contributed by atoms with Crippen molar-refractivity contribution in [3.05, 3.63) is 52.0 Å². The molecule has 1 saturated carbocycles. The minimum absolute atomic E-state index is 0.263. The quantitative estimate of drug-likeness (QED) is 0.847. The number of Topliss-reactive ketones (excluding diaryl/α,β-unsaturated/α-hetero) is 1. The summed E-state index contributed by atoms with van der Waals surface area (Å²) in [7, 11) is 0. The van der Waals surface area contributed by atoms with E-state index in [2.05, 4.69) is 17.1 Å². The molecule has 0 atom stereocenters. The molecular formula is C17H19NOS. The van der Waals surface area contributed by atoms with E-state index < -0.39 is 0 Å². The maximum absolute atomic E-state index is 12.9. The van der Waals surface area contributed by atoms with E-state index in [9.17, 15) is 4.79 Å². The summed E-state index contributed by atoms with van der Waals surface area (Å²) in [6.45, 7) is 1.98. The Morgan fingerprint density at radius 1 is 1.25 bits per heavy atom. The molecule has 3 heteroatoms. The van der Waals surface area contributed by atoms with Gasteiger partial charge in [-0.15, -0.1) is 11.3 Å². The van der Waals surface area contributed by atoms with Crippen LogP contribution < -0.4 is 0 Å². The zero-order chi connectivity index (χ0) is 14.0. The molecule has 3 rings (SSSR count). The fraction of sp³-hybridized carbons (Fsp3) is 0.412. The van der Waals surface area contributed by atoms with E-state index >= 15 is 0 Å². The first-order chi connectivity index (χ1) is 9.71. The number of ketones is 1. The first kappa shape index (κ1) is 13.5. The van der Waals surface area contributed by atoms with Gasteiger partial charge >= 0.3 is 0 Å². The van der Waals surface area contributed by atoms with Crippen molar-refractivity contribution >= 4 is 17.1 Å². The van der Waals surface area contributed by atoms with Crippen molar-refractivity contribution in [2.75, 3.05) is 0 Å². The molecule has 1 fully saturated rings. The summed E-state index contributed by atoms with van der Waals surface area (Å²) in [5, 5.41) is 2.97. The maximum Gasteiger partial charge on any atom is 0.150 e. The highest BCUT2D eigenvalue weighted by Crippen LogP contribution is 2.42. The molecule has 1 heterocycles. The fourth-order valence-electron chi connectivity index (χ4n) is 3.25. The summed E-state index contributed by atoms with van der Waals surface area (Å²) in [5.74, 6) is 0.343. The number of nitrogens with zero attached hydrogens (tertiary/aromatic N) is 1. The highest BCUT2D eigenvalue weighted by molar-refractivity contribution is 7.09. The second-order valence-electron chi connectivity index (χ2n) is 5.64. The number of rotatable bonds is 4. The molecule has 1 aliphatic rings. The third-order valence-corrected chi connectivity index (χ3v) is 5.26. The predicted octanol–water partition coefficient (Wildman–Crippen LogP) is 4.08. The van der Waals surface area contributed by atoms with Crippen molar-refractivity contribution in [2.45, 2.75) is 44.4 Å². The molecule has 0 saturated heterocycles. The van der Waals surface area contributed by atoms with Gasteiger partial charge in [0.25, 0.3) is 0 Å². The average Bonchev–Trinajstić information content (AvgIpc) is 3.10. The van der Waals surface area contributed by atoms with E-state index in [4.69, 9.17) is 0 Å². The molecule has 2 nitrogen and oxygen atoms in total. The van der Waals surface area contributed by atoms with E-state index in [1.165, 1.54) is 5.56 Å². The highest BCUT2D eigenvalue weighted by Gasteiger charge is 2.42. The standard InChI is InChI=1S/C17H19NOS/c1-13-12-20-16(18-13)11-15(19)17(9-5-6-10-17)14-7-3-2-4-8-14/h2-4,7-8,12H,5-6,9-11H2,1H3. The molecule has 0 bridgehead atoms. The van der Waals surface area contributed by atoms with Crippen molar-refractivity contribution in [1.82, 2.24) is 4.98 Å². The molecule has 0 N–H and O–H groups in total. The van der Waals surface area contributed by atoms with Crippen molar-refractivity contribution in [3.8, 4) is 0 Å². The van der Waals surface area contributed by atoms with Crippen LogP contribution in [0.5, 0.6) is 0 Å². The van der Waals surface area contributed by atoms with Crippen LogP contribution >= 0.6 is 11.3 Å². The molecular weight excluding hydrogens is 266 g/mol. The Morgan fingerprint density at radius 2 is 1.95 bits per heavy atom. The lowest BCUT2D eigenvalue weighted by molar-refractivity contribution is -0.123. The Kier molecular flexibility index (Phi) is 3.70. The van der Waals surface area contributed by atoms with Gasteiger partial charge in [0, 0.05) is 11.1 Å². The number of hydrogen-bond acceptors (Lipinski definition) is 3. The number of thiazole rings is 1. The molecule has 0 amide bonds. The summed E-state index contributed by atoms with van der Waals surface area (Å²) in [6, 6.07) is 10.3. The molecule has 0 spiro atoms. The lowest BCUT2D eigenvalue weighted by atomic mass is 9.74. The second-order valence-corrected chi connectivity index (χ2v) is 6.58. The Balaban J connectivity index is 1.89. The molecule has 1 aromatic carbocycles. The van der Waals surface area contributed by atoms with Gasteiger partial charge in [-0.3, -0.25) is 4.79 Å². The van der Waals surface area contributed by atoms with Gasteiger partial charge in [-0.25, -0.2) is 4.98 Å². The number of aromatic nitrogens is 1. The van der Waals surface area contributed by atoms with Crippen LogP contribution in [-0.4, -0.2) is 10.8 Å². The number of hydrogen-bond donors (Lipinski definition) is 0. The van der Waals surface area contributed by atoms with Gasteiger partial charge < -0.3 is 0 Å². The Hall–Kier alpha value is -1.48. The summed E-state index contributed by atoms with van der Waals surface area (Å²) in [4.78, 5) is 17.4. The van der Waals surface area contributed by atoms with Gasteiger partial charge in [0.1, 0.15) is 10.8 Å². The largest absolute Gasteiger partial charge is 0.298 e. The summed E-state index contributed by atoms with van der Waals surface area (Å²) < 4.78 is 0. The van der Waals surface area contributed by atoms with Crippen molar-refractivity contribution in [2.24, 2.45) is 0 Å². The minimum atomic E-state index is -0.263. The van der Waals surface area contributed by atoms with Crippen molar-refractivity contribution in [3.63, 3.8) is 0 Å². The lowest BCUT2D eigenvalue weighted by Gasteiger charge is -2.27. The van der Waals surface area contributed by atoms with Gasteiger partial charge in [0.2, 0.25) is 0 Å². The topological polar surface area (TPSA) is 30.0 Å². The van der Waals surface area contributed by atoms with E-state index in [0.29, 0.717) is 12.2 Å². The van der Waals surface area contributed by atoms with E-state index in [0.717, 1.165) is 36.4 Å². The summed E-state index contributed by atoms with van der Waals surface area (Å²) in [5.41, 5.74) is 1.94. The minimum Gasteiger partial charge on any atom is -0.298 e. The predicted molar refractivity (Wildman–Crippen MR) is 82.2 cm³/mol. The van der Waals surface area contributed by atoms with Gasteiger partial charge in [-0.05, 0) is 25.3 Å². The molecule has 0 unspecified atom stereocenters. The second kappa shape index (κ2) is 5.49. The van der Waals surface area contributed by atoms with Crippen molar-refractivity contribution < 1.29 is 4.79 Å². The van der Waals surface area contributed by atoms with Crippen LogP contribution in [0.25, 0.3) is 0 Å². The average molecular weight is 285 g/mol. The van der Waals surface area contributed by atoms with Gasteiger partial charge in [0.05, 0.1) is 11.8 Å². The number of aryl methyl sites for hydroxylation is 1. The third kappa shape index (κ3) is 2.42. The first-order valence-corrected chi connectivity index (χ1v) is 8.08. The van der Waals surface area contributed by atoms with Gasteiger partial charge in [-0.2, -0.15) is 0 Å². The number of carbonyl (C=O) groups is 1. The third-order valence-electron chi connectivity index (χ3n) is 4.30. The van der Waals surface area contributed by atoms with E-state index in [1.54, 1.807) is 11.3 Å². The van der Waals surface area contributed by atoms with E-state index in [1.807, 2.05) is 30.5 Å². The smallest absolute Gasteiger partial charge is 0.150 e. The molecule has 20 heavy (non-hydrogen) atoms. The Labute approximate surface area is 123 Å².